The zero-order valence-corrected chi connectivity index (χ0v) is 14.6. The zero-order chi connectivity index (χ0) is 16.6. The fourth-order valence-corrected chi connectivity index (χ4v) is 2.73. The van der Waals surface area contributed by atoms with Crippen LogP contribution in [0, 0.1) is 6.92 Å². The van der Waals surface area contributed by atoms with Gasteiger partial charge in [0.2, 0.25) is 0 Å². The van der Waals surface area contributed by atoms with E-state index in [1.54, 1.807) is 12.1 Å². The van der Waals surface area contributed by atoms with Crippen LogP contribution in [0.2, 0.25) is 0 Å². The number of esters is 1. The van der Waals surface area contributed by atoms with E-state index in [1.807, 2.05) is 19.1 Å². The molecule has 1 unspecified atom stereocenters. The summed E-state index contributed by atoms with van der Waals surface area (Å²) in [5.74, 6) is -0.346. The second-order valence-corrected chi connectivity index (χ2v) is 6.96. The molecule has 1 rings (SSSR count). The minimum Gasteiger partial charge on any atom is -0.462 e. The highest BCUT2D eigenvalue weighted by Crippen LogP contribution is 2.26. The highest BCUT2D eigenvalue weighted by molar-refractivity contribution is 14.1. The van der Waals surface area contributed by atoms with Gasteiger partial charge in [0.05, 0.1) is 12.2 Å². The first-order chi connectivity index (χ1) is 10.3. The molecule has 0 spiro atoms. The molecular weight excluding hydrogens is 408 g/mol. The molecule has 0 radical (unpaired) electrons. The van der Waals surface area contributed by atoms with E-state index in [2.05, 4.69) is 22.6 Å². The van der Waals surface area contributed by atoms with Crippen LogP contribution in [0.4, 0.5) is 13.2 Å². The molecule has 1 aromatic rings. The Morgan fingerprint density at radius 1 is 1.23 bits per heavy atom. The van der Waals surface area contributed by atoms with E-state index in [9.17, 15) is 18.0 Å². The summed E-state index contributed by atoms with van der Waals surface area (Å²) in [6.07, 6.45) is -2.53. The van der Waals surface area contributed by atoms with E-state index >= 15 is 0 Å². The lowest BCUT2D eigenvalue weighted by molar-refractivity contribution is -0.135. The van der Waals surface area contributed by atoms with Crippen molar-refractivity contribution in [3.63, 3.8) is 0 Å². The van der Waals surface area contributed by atoms with Gasteiger partial charge in [0, 0.05) is 10.3 Å². The van der Waals surface area contributed by atoms with Crippen molar-refractivity contribution in [3.8, 4) is 0 Å². The van der Waals surface area contributed by atoms with Gasteiger partial charge < -0.3 is 4.74 Å². The number of carbonyl (C=O) groups excluding carboxylic acids is 1. The molecule has 124 valence electrons. The molecule has 1 atom stereocenters. The molecule has 0 saturated heterocycles. The maximum absolute atomic E-state index is 12.1. The largest absolute Gasteiger partial charge is 0.462 e. The number of benzene rings is 1. The predicted molar refractivity (Wildman–Crippen MR) is 88.4 cm³/mol. The fraction of sp³-hybridized carbons (Fsp3) is 0.562. The third kappa shape index (κ3) is 8.00. The SMILES string of the molecule is Cc1ccccc1C(=O)OCCCCC(I)CCC(F)(F)F. The number of unbranched alkanes of at least 4 members (excludes halogenated alkanes) is 1. The molecule has 1 aromatic carbocycles. The zero-order valence-electron chi connectivity index (χ0n) is 12.5. The predicted octanol–water partition coefficient (Wildman–Crippen LogP) is 5.47. The lowest BCUT2D eigenvalue weighted by atomic mass is 10.1. The minimum atomic E-state index is -4.08. The Balaban J connectivity index is 2.15. The Morgan fingerprint density at radius 2 is 1.91 bits per heavy atom. The third-order valence-electron chi connectivity index (χ3n) is 3.25. The molecule has 22 heavy (non-hydrogen) atoms. The van der Waals surface area contributed by atoms with Crippen molar-refractivity contribution in [3.05, 3.63) is 35.4 Å². The van der Waals surface area contributed by atoms with E-state index in [1.165, 1.54) is 0 Å². The van der Waals surface area contributed by atoms with E-state index in [0.717, 1.165) is 12.0 Å². The molecular formula is C16H20F3IO2. The van der Waals surface area contributed by atoms with E-state index < -0.39 is 12.6 Å². The van der Waals surface area contributed by atoms with Crippen LogP contribution in [0.25, 0.3) is 0 Å². The number of aryl methyl sites for hydroxylation is 1. The van der Waals surface area contributed by atoms with E-state index in [0.29, 0.717) is 25.0 Å². The molecule has 0 aromatic heterocycles. The molecule has 0 aliphatic carbocycles. The normalized spacial score (nSPS) is 13.0. The summed E-state index contributed by atoms with van der Waals surface area (Å²) < 4.78 is 41.4. The third-order valence-corrected chi connectivity index (χ3v) is 4.50. The highest BCUT2D eigenvalue weighted by Gasteiger charge is 2.27. The average Bonchev–Trinajstić information content (AvgIpc) is 2.44. The smallest absolute Gasteiger partial charge is 0.389 e. The number of ether oxygens (including phenoxy) is 1. The summed E-state index contributed by atoms with van der Waals surface area (Å²) in [5.41, 5.74) is 1.42. The molecule has 6 heteroatoms. The van der Waals surface area contributed by atoms with Crippen LogP contribution in [0.5, 0.6) is 0 Å². The maximum Gasteiger partial charge on any atom is 0.389 e. The summed E-state index contributed by atoms with van der Waals surface area (Å²) in [4.78, 5) is 11.8. The van der Waals surface area contributed by atoms with Crippen LogP contribution in [-0.4, -0.2) is 22.7 Å². The quantitative estimate of drug-likeness (QED) is 0.238. The molecule has 0 saturated carbocycles. The van der Waals surface area contributed by atoms with Gasteiger partial charge >= 0.3 is 12.1 Å². The monoisotopic (exact) mass is 428 g/mol. The van der Waals surface area contributed by atoms with Gasteiger partial charge in [-0.15, -0.1) is 0 Å². The van der Waals surface area contributed by atoms with Crippen molar-refractivity contribution in [1.29, 1.82) is 0 Å². The van der Waals surface area contributed by atoms with E-state index in [-0.39, 0.29) is 16.3 Å². The molecule has 0 fully saturated rings. The lowest BCUT2D eigenvalue weighted by Crippen LogP contribution is -2.11. The minimum absolute atomic E-state index is 0.00583. The Hall–Kier alpha value is -0.790. The van der Waals surface area contributed by atoms with Crippen LogP contribution >= 0.6 is 22.6 Å². The van der Waals surface area contributed by atoms with Gasteiger partial charge in [0.25, 0.3) is 0 Å². The summed E-state index contributed by atoms with van der Waals surface area (Å²) >= 11 is 2.05. The van der Waals surface area contributed by atoms with Crippen molar-refractivity contribution in [1.82, 2.24) is 0 Å². The molecule has 0 aliphatic rings. The van der Waals surface area contributed by atoms with Gasteiger partial charge in [0.1, 0.15) is 0 Å². The number of carbonyl (C=O) groups is 1. The summed E-state index contributed by atoms with van der Waals surface area (Å²) in [6.45, 7) is 2.15. The first-order valence-corrected chi connectivity index (χ1v) is 8.48. The van der Waals surface area contributed by atoms with Gasteiger partial charge in [-0.25, -0.2) is 4.79 Å². The molecule has 0 heterocycles. The first kappa shape index (κ1) is 19.3. The second-order valence-electron chi connectivity index (χ2n) is 5.20. The van der Waals surface area contributed by atoms with Gasteiger partial charge in [-0.2, -0.15) is 13.2 Å². The maximum atomic E-state index is 12.1. The molecule has 0 bridgehead atoms. The van der Waals surface area contributed by atoms with Crippen molar-refractivity contribution < 1.29 is 22.7 Å². The second kappa shape index (κ2) is 9.37. The van der Waals surface area contributed by atoms with Crippen LogP contribution in [0.3, 0.4) is 0 Å². The van der Waals surface area contributed by atoms with Gasteiger partial charge in [-0.05, 0) is 44.2 Å². The van der Waals surface area contributed by atoms with Crippen molar-refractivity contribution in [2.24, 2.45) is 0 Å². The number of halogens is 4. The molecule has 0 amide bonds. The van der Waals surface area contributed by atoms with Crippen molar-refractivity contribution >= 4 is 28.6 Å². The average molecular weight is 428 g/mol. The Kier molecular flexibility index (Phi) is 8.20. The van der Waals surface area contributed by atoms with Crippen molar-refractivity contribution in [2.45, 2.75) is 49.1 Å². The number of hydrogen-bond donors (Lipinski definition) is 0. The summed E-state index contributed by atoms with van der Waals surface area (Å²) in [6, 6.07) is 7.20. The topological polar surface area (TPSA) is 26.3 Å². The number of alkyl halides is 4. The Labute approximate surface area is 142 Å². The van der Waals surface area contributed by atoms with Crippen LogP contribution in [-0.2, 0) is 4.74 Å². The van der Waals surface area contributed by atoms with Crippen LogP contribution in [0.1, 0.15) is 48.0 Å². The number of rotatable bonds is 8. The first-order valence-electron chi connectivity index (χ1n) is 7.23. The summed E-state index contributed by atoms with van der Waals surface area (Å²) in [5, 5.41) is 0. The number of hydrogen-bond acceptors (Lipinski definition) is 2. The van der Waals surface area contributed by atoms with E-state index in [4.69, 9.17) is 4.74 Å². The standard InChI is InChI=1S/C16H20F3IO2/c1-12-6-2-3-8-14(12)15(21)22-11-5-4-7-13(20)9-10-16(17,18)19/h2-3,6,8,13H,4-5,7,9-11H2,1H3. The molecule has 0 N–H and O–H groups in total. The van der Waals surface area contributed by atoms with Crippen LogP contribution < -0.4 is 0 Å². The summed E-state index contributed by atoms with van der Waals surface area (Å²) in [7, 11) is 0. The van der Waals surface area contributed by atoms with Gasteiger partial charge in [-0.1, -0.05) is 40.8 Å². The Morgan fingerprint density at radius 3 is 2.55 bits per heavy atom. The van der Waals surface area contributed by atoms with Crippen molar-refractivity contribution in [2.75, 3.05) is 6.61 Å². The van der Waals surface area contributed by atoms with Crippen LogP contribution in [0.15, 0.2) is 24.3 Å². The lowest BCUT2D eigenvalue weighted by Gasteiger charge is -2.11. The highest BCUT2D eigenvalue weighted by atomic mass is 127. The molecule has 0 aliphatic heterocycles. The van der Waals surface area contributed by atoms with Gasteiger partial charge in [-0.3, -0.25) is 0 Å². The fourth-order valence-electron chi connectivity index (χ4n) is 1.98. The van der Waals surface area contributed by atoms with Gasteiger partial charge in [0.15, 0.2) is 0 Å². The Bertz CT molecular complexity index is 475. The molecule has 2 nitrogen and oxygen atoms in total.